The smallest absolute Gasteiger partial charge is 0.431 e. The average Bonchev–Trinajstić information content (AvgIpc) is 3.54. The molecule has 0 spiro atoms. The second-order valence-electron chi connectivity index (χ2n) is 11.5. The summed E-state index contributed by atoms with van der Waals surface area (Å²) in [5.74, 6) is -0.00138. The summed E-state index contributed by atoms with van der Waals surface area (Å²) in [6.07, 6.45) is -3.44. The second-order valence-corrected chi connectivity index (χ2v) is 11.9. The number of nitrogens with zero attached hydrogens (tertiary/aromatic N) is 3. The topological polar surface area (TPSA) is 144 Å². The second kappa shape index (κ2) is 16.1. The van der Waals surface area contributed by atoms with Crippen molar-refractivity contribution in [2.45, 2.75) is 65.2 Å². The number of anilines is 1. The van der Waals surface area contributed by atoms with Crippen molar-refractivity contribution >= 4 is 29.4 Å². The zero-order chi connectivity index (χ0) is 37.6. The number of methoxy groups -OCH3 is 2. The van der Waals surface area contributed by atoms with Crippen LogP contribution in [-0.4, -0.2) is 46.5 Å². The fourth-order valence-corrected chi connectivity index (χ4v) is 4.90. The summed E-state index contributed by atoms with van der Waals surface area (Å²) in [7, 11) is 3.91. The van der Waals surface area contributed by atoms with Crippen molar-refractivity contribution in [1.29, 1.82) is 0 Å². The van der Waals surface area contributed by atoms with E-state index in [1.54, 1.807) is 38.1 Å². The van der Waals surface area contributed by atoms with E-state index in [0.717, 1.165) is 31.6 Å². The number of halogens is 4. The molecular weight excluding hydrogens is 685 g/mol. The third kappa shape index (κ3) is 8.75. The molecule has 50 heavy (non-hydrogen) atoms. The van der Waals surface area contributed by atoms with Crippen LogP contribution < -0.4 is 26.0 Å². The molecule has 2 aromatic heterocycles. The predicted octanol–water partition coefficient (Wildman–Crippen LogP) is 6.80. The normalized spacial score (nSPS) is 11.5. The molecule has 4 aromatic rings. The fourth-order valence-electron chi connectivity index (χ4n) is 4.70. The third-order valence-electron chi connectivity index (χ3n) is 7.96. The minimum absolute atomic E-state index is 0.0104. The molecule has 2 aromatic carbocycles. The quantitative estimate of drug-likeness (QED) is 0.175. The first kappa shape index (κ1) is 39.4. The first-order valence-electron chi connectivity index (χ1n) is 15.3. The maximum absolute atomic E-state index is 12.9. The molecule has 0 unspecified atom stereocenters. The Morgan fingerprint density at radius 3 is 2.12 bits per heavy atom. The summed E-state index contributed by atoms with van der Waals surface area (Å²) >= 11 is 5.94. The average molecular weight is 723 g/mol. The predicted molar refractivity (Wildman–Crippen MR) is 180 cm³/mol. The number of amides is 1. The number of hydrogen-bond acceptors (Lipinski definition) is 9. The van der Waals surface area contributed by atoms with Crippen LogP contribution in [0.1, 0.15) is 79.6 Å². The van der Waals surface area contributed by atoms with Gasteiger partial charge in [0.2, 0.25) is 5.88 Å². The van der Waals surface area contributed by atoms with Crippen LogP contribution in [0.25, 0.3) is 5.69 Å². The van der Waals surface area contributed by atoms with Crippen LogP contribution in [0, 0.1) is 0 Å². The number of benzene rings is 2. The Morgan fingerprint density at radius 2 is 1.60 bits per heavy atom. The van der Waals surface area contributed by atoms with E-state index in [2.05, 4.69) is 31.2 Å². The number of esters is 1. The van der Waals surface area contributed by atoms with Crippen molar-refractivity contribution < 1.29 is 41.5 Å². The molecule has 0 radical (unpaired) electrons. The number of ether oxygens (including phenoxy) is 3. The molecule has 0 aliphatic rings. The summed E-state index contributed by atoms with van der Waals surface area (Å²) < 4.78 is 60.3. The maximum Gasteiger partial charge on any atom is 0.431 e. The van der Waals surface area contributed by atoms with E-state index >= 15 is 0 Å². The van der Waals surface area contributed by atoms with Crippen molar-refractivity contribution in [2.75, 3.05) is 19.5 Å². The third-order valence-corrected chi connectivity index (χ3v) is 8.29. The number of alkyl halides is 3. The fraction of sp³-hybridized carbons (Fsp3) is 0.382. The molecule has 12 nitrogen and oxygen atoms in total. The molecule has 0 bridgehead atoms. The van der Waals surface area contributed by atoms with Crippen molar-refractivity contribution in [3.63, 3.8) is 0 Å². The number of carbonyl (C=O) groups excluding carboxylic acids is 2. The molecule has 0 fully saturated rings. The molecule has 4 rings (SSSR count). The highest BCUT2D eigenvalue weighted by Gasteiger charge is 2.35. The number of carbonyl (C=O) groups is 2. The Morgan fingerprint density at radius 1 is 1.00 bits per heavy atom. The lowest BCUT2D eigenvalue weighted by Crippen LogP contribution is -2.40. The number of nitrogens with one attached hydrogen (secondary N) is 1. The molecule has 2 heterocycles. The van der Waals surface area contributed by atoms with Crippen LogP contribution in [0.15, 0.2) is 62.6 Å². The van der Waals surface area contributed by atoms with Gasteiger partial charge in [-0.3, -0.25) is 19.5 Å². The summed E-state index contributed by atoms with van der Waals surface area (Å²) in [5.41, 5.74) is -2.94. The summed E-state index contributed by atoms with van der Waals surface area (Å²) in [6, 6.07) is 10.8. The van der Waals surface area contributed by atoms with Gasteiger partial charge < -0.3 is 18.7 Å². The van der Waals surface area contributed by atoms with Crippen molar-refractivity contribution in [3.8, 4) is 17.2 Å². The van der Waals surface area contributed by atoms with Crippen molar-refractivity contribution in [1.82, 2.24) is 14.3 Å². The Balaban J connectivity index is 0.000000271. The van der Waals surface area contributed by atoms with Gasteiger partial charge in [-0.15, -0.1) is 0 Å². The van der Waals surface area contributed by atoms with E-state index in [1.165, 1.54) is 26.4 Å². The summed E-state index contributed by atoms with van der Waals surface area (Å²) in [6.45, 7) is 9.57. The van der Waals surface area contributed by atoms with Crippen LogP contribution in [0.5, 0.6) is 11.5 Å². The highest BCUT2D eigenvalue weighted by Crippen LogP contribution is 2.33. The van der Waals surface area contributed by atoms with Gasteiger partial charge in [0.05, 0.1) is 42.3 Å². The molecule has 1 N–H and O–H groups in total. The van der Waals surface area contributed by atoms with Crippen LogP contribution in [0.2, 0.25) is 5.02 Å². The van der Waals surface area contributed by atoms with E-state index < -0.39 is 35.2 Å². The van der Waals surface area contributed by atoms with E-state index in [0.29, 0.717) is 38.1 Å². The minimum atomic E-state index is -4.86. The van der Waals surface area contributed by atoms with Crippen LogP contribution in [0.4, 0.5) is 19.1 Å². The lowest BCUT2D eigenvalue weighted by molar-refractivity contribution is -0.144. The van der Waals surface area contributed by atoms with Gasteiger partial charge in [0.25, 0.3) is 11.5 Å². The van der Waals surface area contributed by atoms with E-state index in [-0.39, 0.29) is 27.6 Å². The maximum atomic E-state index is 12.9. The van der Waals surface area contributed by atoms with Crippen molar-refractivity contribution in [2.24, 2.45) is 7.05 Å². The lowest BCUT2D eigenvalue weighted by Gasteiger charge is -2.22. The van der Waals surface area contributed by atoms with Crippen molar-refractivity contribution in [3.05, 3.63) is 96.9 Å². The standard InChI is InChI=1S/C18H24N2O4.C16H14ClF3N2O4/c1-6-18(3,7-2)14-11-15(24-20-14)19-17(21)16-12(22-4)9-8-10-13(16)23-5;1-8(2)26-14(24)10-6-9(4-5-11(10)17)22-13(23)7-12(16(18,19)20)21(3)15(22)25/h8-11H,6-7H2,1-5H3,(H,19,21);4-8H,1-3H3. The van der Waals surface area contributed by atoms with Gasteiger partial charge in [-0.2, -0.15) is 13.2 Å². The Hall–Kier alpha value is -5.05. The van der Waals surface area contributed by atoms with Gasteiger partial charge in [0, 0.05) is 24.6 Å². The molecule has 1 amide bonds. The van der Waals surface area contributed by atoms with Crippen LogP contribution in [-0.2, 0) is 23.4 Å². The van der Waals surface area contributed by atoms with Gasteiger partial charge >= 0.3 is 17.8 Å². The SMILES string of the molecule is CC(C)OC(=O)c1cc(-n2c(=O)cc(C(F)(F)F)n(C)c2=O)ccc1Cl.CCC(C)(CC)c1cc(NC(=O)c2c(OC)cccc2OC)on1. The van der Waals surface area contributed by atoms with Gasteiger partial charge in [0.1, 0.15) is 22.8 Å². The van der Waals surface area contributed by atoms with E-state index in [4.69, 9.17) is 30.3 Å². The minimum Gasteiger partial charge on any atom is -0.496 e. The zero-order valence-electron chi connectivity index (χ0n) is 28.7. The monoisotopic (exact) mass is 722 g/mol. The molecule has 16 heteroatoms. The summed E-state index contributed by atoms with van der Waals surface area (Å²) in [4.78, 5) is 49.1. The first-order valence-corrected chi connectivity index (χ1v) is 15.7. The lowest BCUT2D eigenvalue weighted by atomic mass is 9.81. The zero-order valence-corrected chi connectivity index (χ0v) is 29.5. The molecule has 0 saturated heterocycles. The molecule has 0 saturated carbocycles. The van der Waals surface area contributed by atoms with Gasteiger partial charge in [-0.05, 0) is 57.0 Å². The van der Waals surface area contributed by atoms with E-state index in [9.17, 15) is 32.3 Å². The molecular formula is C34H38ClF3N4O8. The Kier molecular flexibility index (Phi) is 12.7. The van der Waals surface area contributed by atoms with Gasteiger partial charge in [-0.1, -0.05) is 43.6 Å². The molecule has 270 valence electrons. The molecule has 0 aliphatic heterocycles. The van der Waals surface area contributed by atoms with Crippen LogP contribution >= 0.6 is 11.6 Å². The molecule has 0 aliphatic carbocycles. The highest BCUT2D eigenvalue weighted by atomic mass is 35.5. The van der Waals surface area contributed by atoms with E-state index in [1.807, 2.05) is 0 Å². The summed E-state index contributed by atoms with van der Waals surface area (Å²) in [5, 5.41) is 6.84. The van der Waals surface area contributed by atoms with Gasteiger partial charge in [-0.25, -0.2) is 14.2 Å². The highest BCUT2D eigenvalue weighted by molar-refractivity contribution is 6.33. The number of hydrogen-bond donors (Lipinski definition) is 1. The number of rotatable bonds is 10. The van der Waals surface area contributed by atoms with Crippen LogP contribution in [0.3, 0.4) is 0 Å². The van der Waals surface area contributed by atoms with Gasteiger partial charge in [0.15, 0.2) is 0 Å². The number of aromatic nitrogens is 3. The Labute approximate surface area is 290 Å². The molecule has 0 atom stereocenters. The largest absolute Gasteiger partial charge is 0.496 e. The first-order chi connectivity index (χ1) is 23.4. The Bertz CT molecular complexity index is 1940.